The second-order valence-electron chi connectivity index (χ2n) is 5.11. The predicted octanol–water partition coefficient (Wildman–Crippen LogP) is 3.21. The molecule has 0 bridgehead atoms. The van der Waals surface area contributed by atoms with Gasteiger partial charge in [-0.15, -0.1) is 0 Å². The number of aryl methyl sites for hydroxylation is 1. The molecule has 24 heavy (non-hydrogen) atoms. The van der Waals surface area contributed by atoms with E-state index < -0.39 is 0 Å². The minimum atomic E-state index is -0.339. The molecule has 0 aromatic heterocycles. The summed E-state index contributed by atoms with van der Waals surface area (Å²) in [6.45, 7) is 2.78. The number of hydrogen-bond donors (Lipinski definition) is 2. The van der Waals surface area contributed by atoms with E-state index in [0.29, 0.717) is 30.3 Å². The quantitative estimate of drug-likeness (QED) is 0.765. The highest BCUT2D eigenvalue weighted by Gasteiger charge is 2.08. The molecule has 0 unspecified atom stereocenters. The number of ether oxygens (including phenoxy) is 3. The summed E-state index contributed by atoms with van der Waals surface area (Å²) in [6.07, 6.45) is 0. The zero-order valence-corrected chi connectivity index (χ0v) is 14.1. The van der Waals surface area contributed by atoms with E-state index in [-0.39, 0.29) is 6.03 Å². The molecule has 0 aliphatic rings. The van der Waals surface area contributed by atoms with E-state index in [0.717, 1.165) is 5.75 Å². The van der Waals surface area contributed by atoms with Gasteiger partial charge in [0.15, 0.2) is 0 Å². The molecule has 6 nitrogen and oxygen atoms in total. The highest BCUT2D eigenvalue weighted by molar-refractivity contribution is 5.91. The van der Waals surface area contributed by atoms with E-state index >= 15 is 0 Å². The third-order valence-corrected chi connectivity index (χ3v) is 3.33. The first-order valence-electron chi connectivity index (χ1n) is 7.58. The number of amides is 2. The van der Waals surface area contributed by atoms with E-state index in [1.807, 2.05) is 31.2 Å². The van der Waals surface area contributed by atoms with Crippen molar-refractivity contribution in [3.05, 3.63) is 48.0 Å². The number of hydrogen-bond acceptors (Lipinski definition) is 4. The van der Waals surface area contributed by atoms with E-state index in [1.165, 1.54) is 5.56 Å². The van der Waals surface area contributed by atoms with E-state index in [1.54, 1.807) is 32.4 Å². The minimum Gasteiger partial charge on any atom is -0.497 e. The molecular weight excluding hydrogens is 308 g/mol. The summed E-state index contributed by atoms with van der Waals surface area (Å²) in [5.41, 5.74) is 1.71. The molecule has 2 aromatic carbocycles. The van der Waals surface area contributed by atoms with Crippen molar-refractivity contribution in [3.8, 4) is 17.2 Å². The number of carbonyl (C=O) groups excluding carboxylic acids is 1. The van der Waals surface area contributed by atoms with Crippen LogP contribution >= 0.6 is 0 Å². The summed E-state index contributed by atoms with van der Waals surface area (Å²) >= 11 is 0. The van der Waals surface area contributed by atoms with Crippen LogP contribution in [0.5, 0.6) is 17.2 Å². The Hall–Kier alpha value is -2.89. The van der Waals surface area contributed by atoms with Gasteiger partial charge >= 0.3 is 6.03 Å². The van der Waals surface area contributed by atoms with Crippen LogP contribution in [0.2, 0.25) is 0 Å². The maximum atomic E-state index is 12.0. The number of urea groups is 1. The highest BCUT2D eigenvalue weighted by Crippen LogP contribution is 2.28. The normalized spacial score (nSPS) is 9.96. The smallest absolute Gasteiger partial charge is 0.319 e. The molecule has 6 heteroatoms. The fourth-order valence-electron chi connectivity index (χ4n) is 2.05. The molecule has 2 aromatic rings. The average Bonchev–Trinajstić information content (AvgIpc) is 2.60. The van der Waals surface area contributed by atoms with E-state index in [4.69, 9.17) is 14.2 Å². The van der Waals surface area contributed by atoms with Gasteiger partial charge in [-0.05, 0) is 31.2 Å². The molecule has 0 spiro atoms. The van der Waals surface area contributed by atoms with Crippen LogP contribution in [0, 0.1) is 6.92 Å². The van der Waals surface area contributed by atoms with Gasteiger partial charge in [0, 0.05) is 6.07 Å². The van der Waals surface area contributed by atoms with E-state index in [2.05, 4.69) is 10.6 Å². The molecular formula is C18H22N2O4. The van der Waals surface area contributed by atoms with Crippen molar-refractivity contribution in [2.45, 2.75) is 6.92 Å². The van der Waals surface area contributed by atoms with Crippen molar-refractivity contribution >= 4 is 11.7 Å². The Morgan fingerprint density at radius 2 is 1.71 bits per heavy atom. The van der Waals surface area contributed by atoms with Crippen molar-refractivity contribution in [2.24, 2.45) is 0 Å². The molecule has 0 aliphatic carbocycles. The second kappa shape index (κ2) is 8.67. The highest BCUT2D eigenvalue weighted by atomic mass is 16.5. The maximum Gasteiger partial charge on any atom is 0.319 e. The first kappa shape index (κ1) is 17.5. The van der Waals surface area contributed by atoms with Gasteiger partial charge in [0.1, 0.15) is 23.9 Å². The van der Waals surface area contributed by atoms with Crippen LogP contribution in [-0.4, -0.2) is 33.4 Å². The summed E-state index contributed by atoms with van der Waals surface area (Å²) in [5.74, 6) is 1.97. The summed E-state index contributed by atoms with van der Waals surface area (Å²) in [5, 5.41) is 5.46. The number of rotatable bonds is 7. The zero-order chi connectivity index (χ0) is 17.4. The fourth-order valence-corrected chi connectivity index (χ4v) is 2.05. The van der Waals surface area contributed by atoms with Gasteiger partial charge in [-0.3, -0.25) is 0 Å². The van der Waals surface area contributed by atoms with Crippen LogP contribution in [0.25, 0.3) is 0 Å². The number of anilines is 1. The minimum absolute atomic E-state index is 0.339. The van der Waals surface area contributed by atoms with Crippen molar-refractivity contribution in [2.75, 3.05) is 32.7 Å². The second-order valence-corrected chi connectivity index (χ2v) is 5.11. The van der Waals surface area contributed by atoms with Gasteiger partial charge in [-0.25, -0.2) is 4.79 Å². The summed E-state index contributed by atoms with van der Waals surface area (Å²) in [4.78, 5) is 12.0. The lowest BCUT2D eigenvalue weighted by atomic mass is 10.2. The molecule has 0 heterocycles. The monoisotopic (exact) mass is 330 g/mol. The molecule has 0 fully saturated rings. The summed E-state index contributed by atoms with van der Waals surface area (Å²) in [7, 11) is 3.11. The molecule has 0 atom stereocenters. The molecule has 2 rings (SSSR count). The number of nitrogens with one attached hydrogen (secondary N) is 2. The summed E-state index contributed by atoms with van der Waals surface area (Å²) in [6, 6.07) is 12.6. The van der Waals surface area contributed by atoms with Crippen molar-refractivity contribution in [1.82, 2.24) is 5.32 Å². The lowest BCUT2D eigenvalue weighted by Gasteiger charge is -2.13. The van der Waals surface area contributed by atoms with Crippen LogP contribution in [0.3, 0.4) is 0 Å². The number of benzene rings is 2. The molecule has 2 amide bonds. The Balaban J connectivity index is 1.80. The standard InChI is InChI=1S/C18H22N2O4/c1-13-4-6-14(7-5-13)24-11-10-19-18(21)20-16-12-15(22-2)8-9-17(16)23-3/h4-9,12H,10-11H2,1-3H3,(H2,19,20,21). The van der Waals surface area contributed by atoms with Crippen LogP contribution in [0.15, 0.2) is 42.5 Å². The van der Waals surface area contributed by atoms with Gasteiger partial charge < -0.3 is 24.8 Å². The van der Waals surface area contributed by atoms with Crippen LogP contribution in [0.1, 0.15) is 5.56 Å². The number of methoxy groups -OCH3 is 2. The first-order valence-corrected chi connectivity index (χ1v) is 7.58. The van der Waals surface area contributed by atoms with Crippen LogP contribution in [-0.2, 0) is 0 Å². The maximum absolute atomic E-state index is 12.0. The van der Waals surface area contributed by atoms with Gasteiger partial charge in [-0.2, -0.15) is 0 Å². The number of carbonyl (C=O) groups is 1. The third kappa shape index (κ3) is 5.08. The Morgan fingerprint density at radius 1 is 1.00 bits per heavy atom. The molecule has 0 saturated carbocycles. The lowest BCUT2D eigenvalue weighted by Crippen LogP contribution is -2.32. The Kier molecular flexibility index (Phi) is 6.31. The topological polar surface area (TPSA) is 68.8 Å². The Labute approximate surface area is 141 Å². The predicted molar refractivity (Wildman–Crippen MR) is 93.2 cm³/mol. The Bertz CT molecular complexity index is 671. The Morgan fingerprint density at radius 3 is 2.38 bits per heavy atom. The lowest BCUT2D eigenvalue weighted by molar-refractivity contribution is 0.247. The summed E-state index contributed by atoms with van der Waals surface area (Å²) < 4.78 is 15.9. The first-order chi connectivity index (χ1) is 11.6. The van der Waals surface area contributed by atoms with Crippen molar-refractivity contribution < 1.29 is 19.0 Å². The van der Waals surface area contributed by atoms with Crippen LogP contribution in [0.4, 0.5) is 10.5 Å². The van der Waals surface area contributed by atoms with Crippen molar-refractivity contribution in [3.63, 3.8) is 0 Å². The van der Waals surface area contributed by atoms with Gasteiger partial charge in [0.25, 0.3) is 0 Å². The molecule has 0 radical (unpaired) electrons. The third-order valence-electron chi connectivity index (χ3n) is 3.33. The molecule has 128 valence electrons. The fraction of sp³-hybridized carbons (Fsp3) is 0.278. The molecule has 0 saturated heterocycles. The average molecular weight is 330 g/mol. The van der Waals surface area contributed by atoms with Gasteiger partial charge in [-0.1, -0.05) is 17.7 Å². The van der Waals surface area contributed by atoms with E-state index in [9.17, 15) is 4.79 Å². The molecule has 2 N–H and O–H groups in total. The largest absolute Gasteiger partial charge is 0.497 e. The van der Waals surface area contributed by atoms with Gasteiger partial charge in [0.05, 0.1) is 26.5 Å². The zero-order valence-electron chi connectivity index (χ0n) is 14.1. The molecule has 0 aliphatic heterocycles. The SMILES string of the molecule is COc1ccc(OC)c(NC(=O)NCCOc2ccc(C)cc2)c1. The van der Waals surface area contributed by atoms with Crippen molar-refractivity contribution in [1.29, 1.82) is 0 Å². The van der Waals surface area contributed by atoms with Gasteiger partial charge in [0.2, 0.25) is 0 Å². The van der Waals surface area contributed by atoms with Crippen LogP contribution < -0.4 is 24.8 Å².